The van der Waals surface area contributed by atoms with E-state index in [4.69, 9.17) is 5.73 Å². The van der Waals surface area contributed by atoms with Crippen LogP contribution in [0.5, 0.6) is 0 Å². The molecule has 5 nitrogen and oxygen atoms in total. The second-order valence-electron chi connectivity index (χ2n) is 4.82. The number of halogens is 1. The van der Waals surface area contributed by atoms with Gasteiger partial charge in [0, 0.05) is 17.4 Å². The van der Waals surface area contributed by atoms with E-state index in [1.165, 1.54) is 0 Å². The van der Waals surface area contributed by atoms with E-state index < -0.39 is 0 Å². The van der Waals surface area contributed by atoms with Crippen LogP contribution < -0.4 is 11.1 Å². The zero-order valence-corrected chi connectivity index (χ0v) is 14.8. The van der Waals surface area contributed by atoms with Crippen molar-refractivity contribution in [3.05, 3.63) is 78.6 Å². The summed E-state index contributed by atoms with van der Waals surface area (Å²) in [5.41, 5.74) is 8.83. The summed E-state index contributed by atoms with van der Waals surface area (Å²) in [5, 5.41) is 7.39. The molecule has 0 aliphatic heterocycles. The normalized spacial score (nSPS) is 10.9. The number of nitrogens with zero attached hydrogens (tertiary/aromatic N) is 3. The third kappa shape index (κ3) is 4.82. The summed E-state index contributed by atoms with van der Waals surface area (Å²) in [6.07, 6.45) is 3.75. The molecule has 0 radical (unpaired) electrons. The lowest BCUT2D eigenvalue weighted by Crippen LogP contribution is -2.22. The van der Waals surface area contributed by atoms with E-state index in [1.54, 1.807) is 6.20 Å². The van der Waals surface area contributed by atoms with E-state index in [0.717, 1.165) is 16.9 Å². The van der Waals surface area contributed by atoms with Crippen LogP contribution in [0.1, 0.15) is 5.56 Å². The summed E-state index contributed by atoms with van der Waals surface area (Å²) in [6, 6.07) is 19.7. The molecule has 118 valence electrons. The van der Waals surface area contributed by atoms with Crippen molar-refractivity contribution in [1.82, 2.24) is 9.78 Å². The summed E-state index contributed by atoms with van der Waals surface area (Å²) in [5.74, 6) is 0.388. The minimum Gasteiger partial charge on any atom is -0.370 e. The zero-order valence-electron chi connectivity index (χ0n) is 12.5. The van der Waals surface area contributed by atoms with Gasteiger partial charge in [-0.25, -0.2) is 9.67 Å². The van der Waals surface area contributed by atoms with Crippen LogP contribution in [-0.2, 0) is 6.54 Å². The van der Waals surface area contributed by atoms with Crippen LogP contribution in [0, 0.1) is 0 Å². The molecule has 0 fully saturated rings. The Morgan fingerprint density at radius 2 is 1.70 bits per heavy atom. The predicted molar refractivity (Wildman–Crippen MR) is 104 cm³/mol. The molecule has 3 rings (SSSR count). The highest BCUT2D eigenvalue weighted by atomic mass is 127. The fraction of sp³-hybridized carbons (Fsp3) is 0.0588. The van der Waals surface area contributed by atoms with Crippen LogP contribution >= 0.6 is 24.0 Å². The molecule has 1 aromatic heterocycles. The Balaban J connectivity index is 0.00000192. The lowest BCUT2D eigenvalue weighted by Gasteiger charge is -2.04. The maximum atomic E-state index is 5.88. The quantitative estimate of drug-likeness (QED) is 0.387. The highest BCUT2D eigenvalue weighted by molar-refractivity contribution is 14.0. The number of aliphatic imine (C=N–C) groups is 1. The molecule has 0 bridgehead atoms. The number of nitrogens with two attached hydrogens (primary N) is 1. The summed E-state index contributed by atoms with van der Waals surface area (Å²) < 4.78 is 1.83. The van der Waals surface area contributed by atoms with E-state index in [-0.39, 0.29) is 24.0 Å². The van der Waals surface area contributed by atoms with Crippen LogP contribution in [0.3, 0.4) is 0 Å². The van der Waals surface area contributed by atoms with Gasteiger partial charge in [0.2, 0.25) is 0 Å². The molecule has 0 spiro atoms. The topological polar surface area (TPSA) is 68.2 Å². The van der Waals surface area contributed by atoms with Crippen LogP contribution in [0.25, 0.3) is 5.69 Å². The van der Waals surface area contributed by atoms with Crippen LogP contribution in [0.15, 0.2) is 78.0 Å². The summed E-state index contributed by atoms with van der Waals surface area (Å²) in [4.78, 5) is 4.33. The van der Waals surface area contributed by atoms with Gasteiger partial charge in [-0.05, 0) is 24.3 Å². The fourth-order valence-corrected chi connectivity index (χ4v) is 2.05. The molecule has 0 saturated heterocycles. The highest BCUT2D eigenvalue weighted by Crippen LogP contribution is 2.09. The molecule has 0 aliphatic rings. The number of hydrogen-bond acceptors (Lipinski definition) is 2. The van der Waals surface area contributed by atoms with Crippen molar-refractivity contribution in [3.8, 4) is 5.69 Å². The van der Waals surface area contributed by atoms with E-state index in [2.05, 4.69) is 15.4 Å². The van der Waals surface area contributed by atoms with Crippen LogP contribution in [-0.4, -0.2) is 15.7 Å². The Kier molecular flexibility index (Phi) is 6.16. The first-order valence-electron chi connectivity index (χ1n) is 7.02. The first kappa shape index (κ1) is 17.0. The average molecular weight is 419 g/mol. The molecule has 0 amide bonds. The molecule has 3 aromatic rings. The molecule has 0 atom stereocenters. The molecular formula is C17H18IN5. The molecule has 3 N–H and O–H groups in total. The third-order valence-electron chi connectivity index (χ3n) is 3.13. The van der Waals surface area contributed by atoms with Gasteiger partial charge in [-0.2, -0.15) is 5.10 Å². The summed E-state index contributed by atoms with van der Waals surface area (Å²) >= 11 is 0. The number of aromatic nitrogens is 2. The first-order valence-corrected chi connectivity index (χ1v) is 7.02. The standard InChI is InChI=1S/C17H17N5.HI/c18-17(21-15-7-3-1-4-8-15)19-11-14-12-20-22(13-14)16-9-5-2-6-10-16;/h1-10,12-13H,11H2,(H3,18,19,21);1H. The molecule has 0 aliphatic carbocycles. The lowest BCUT2D eigenvalue weighted by atomic mass is 10.3. The number of rotatable bonds is 4. The molecule has 0 saturated carbocycles. The van der Waals surface area contributed by atoms with Gasteiger partial charge in [-0.15, -0.1) is 24.0 Å². The van der Waals surface area contributed by atoms with Gasteiger partial charge in [0.1, 0.15) is 0 Å². The van der Waals surface area contributed by atoms with Crippen molar-refractivity contribution in [2.24, 2.45) is 10.7 Å². The number of hydrogen-bond donors (Lipinski definition) is 2. The predicted octanol–water partition coefficient (Wildman–Crippen LogP) is 3.42. The van der Waals surface area contributed by atoms with E-state index >= 15 is 0 Å². The van der Waals surface area contributed by atoms with Crippen LogP contribution in [0.4, 0.5) is 5.69 Å². The van der Waals surface area contributed by atoms with Crippen LogP contribution in [0.2, 0.25) is 0 Å². The minimum atomic E-state index is 0. The highest BCUT2D eigenvalue weighted by Gasteiger charge is 2.00. The van der Waals surface area contributed by atoms with Gasteiger partial charge in [-0.3, -0.25) is 0 Å². The van der Waals surface area contributed by atoms with Crippen molar-refractivity contribution in [2.75, 3.05) is 5.32 Å². The number of guanidine groups is 1. The maximum Gasteiger partial charge on any atom is 0.193 e. The van der Waals surface area contributed by atoms with E-state index in [0.29, 0.717) is 12.5 Å². The Morgan fingerprint density at radius 3 is 2.39 bits per heavy atom. The smallest absolute Gasteiger partial charge is 0.193 e. The number of para-hydroxylation sites is 2. The molecule has 1 heterocycles. The number of anilines is 1. The second-order valence-corrected chi connectivity index (χ2v) is 4.82. The Morgan fingerprint density at radius 1 is 1.04 bits per heavy atom. The molecule has 6 heteroatoms. The Labute approximate surface area is 152 Å². The zero-order chi connectivity index (χ0) is 15.2. The van der Waals surface area contributed by atoms with Gasteiger partial charge in [-0.1, -0.05) is 36.4 Å². The number of benzene rings is 2. The molecule has 0 unspecified atom stereocenters. The molecule has 23 heavy (non-hydrogen) atoms. The maximum absolute atomic E-state index is 5.88. The van der Waals surface area contributed by atoms with Crippen molar-refractivity contribution in [1.29, 1.82) is 0 Å². The van der Waals surface area contributed by atoms with Gasteiger partial charge >= 0.3 is 0 Å². The molecular weight excluding hydrogens is 401 g/mol. The average Bonchev–Trinajstić information content (AvgIpc) is 3.04. The van der Waals surface area contributed by atoms with Gasteiger partial charge in [0.15, 0.2) is 5.96 Å². The van der Waals surface area contributed by atoms with Crippen molar-refractivity contribution in [3.63, 3.8) is 0 Å². The Hall–Kier alpha value is -2.35. The Bertz CT molecular complexity index is 753. The van der Waals surface area contributed by atoms with Gasteiger partial charge in [0.05, 0.1) is 18.4 Å². The van der Waals surface area contributed by atoms with Crippen molar-refractivity contribution in [2.45, 2.75) is 6.54 Å². The summed E-state index contributed by atoms with van der Waals surface area (Å²) in [6.45, 7) is 0.485. The fourth-order valence-electron chi connectivity index (χ4n) is 2.05. The lowest BCUT2D eigenvalue weighted by molar-refractivity contribution is 0.879. The largest absolute Gasteiger partial charge is 0.370 e. The minimum absolute atomic E-state index is 0. The summed E-state index contributed by atoms with van der Waals surface area (Å²) in [7, 11) is 0. The van der Waals surface area contributed by atoms with Gasteiger partial charge in [0.25, 0.3) is 0 Å². The number of nitrogens with one attached hydrogen (secondary N) is 1. The van der Waals surface area contributed by atoms with E-state index in [9.17, 15) is 0 Å². The van der Waals surface area contributed by atoms with Crippen molar-refractivity contribution >= 4 is 35.6 Å². The second kappa shape index (κ2) is 8.33. The first-order chi connectivity index (χ1) is 10.8. The monoisotopic (exact) mass is 419 g/mol. The van der Waals surface area contributed by atoms with Gasteiger partial charge < -0.3 is 11.1 Å². The molecule has 2 aromatic carbocycles. The third-order valence-corrected chi connectivity index (χ3v) is 3.13. The van der Waals surface area contributed by atoms with Crippen molar-refractivity contribution < 1.29 is 0 Å². The van der Waals surface area contributed by atoms with E-state index in [1.807, 2.05) is 71.5 Å². The SMILES string of the molecule is I.NC(=NCc1cnn(-c2ccccc2)c1)Nc1ccccc1.